The molecule has 2 aromatic carbocycles. The number of rotatable bonds is 4. The number of para-hydroxylation sites is 1. The largest absolute Gasteiger partial charge is 0.422 e. The van der Waals surface area contributed by atoms with Crippen LogP contribution in [-0.2, 0) is 9.59 Å². The van der Waals surface area contributed by atoms with Crippen LogP contribution in [0.3, 0.4) is 0 Å². The first-order chi connectivity index (χ1) is 14.5. The Bertz CT molecular complexity index is 1080. The van der Waals surface area contributed by atoms with Crippen molar-refractivity contribution in [2.45, 2.75) is 6.42 Å². The van der Waals surface area contributed by atoms with Gasteiger partial charge in [-0.15, -0.1) is 0 Å². The van der Waals surface area contributed by atoms with Crippen LogP contribution in [0.2, 0.25) is 0 Å². The molecule has 30 heavy (non-hydrogen) atoms. The van der Waals surface area contributed by atoms with E-state index in [0.717, 1.165) is 15.9 Å². The molecule has 1 heterocycles. The highest BCUT2D eigenvalue weighted by atomic mass is 79.9. The van der Waals surface area contributed by atoms with E-state index in [1.807, 2.05) is 12.2 Å². The molecule has 4 unspecified atom stereocenters. The van der Waals surface area contributed by atoms with Crippen LogP contribution in [0.4, 0.5) is 0 Å². The van der Waals surface area contributed by atoms with E-state index in [9.17, 15) is 14.4 Å². The zero-order chi connectivity index (χ0) is 20.8. The zero-order valence-electron chi connectivity index (χ0n) is 15.8. The van der Waals surface area contributed by atoms with Gasteiger partial charge in [-0.05, 0) is 54.7 Å². The first kappa shape index (κ1) is 18.9. The number of carbonyl (C=O) groups is 3. The summed E-state index contributed by atoms with van der Waals surface area (Å²) in [6.45, 7) is 0. The van der Waals surface area contributed by atoms with Gasteiger partial charge in [0.2, 0.25) is 0 Å². The van der Waals surface area contributed by atoms with Crippen molar-refractivity contribution in [1.29, 1.82) is 0 Å². The molecule has 1 saturated heterocycles. The quantitative estimate of drug-likeness (QED) is 0.226. The number of esters is 1. The minimum Gasteiger partial charge on any atom is -0.422 e. The van der Waals surface area contributed by atoms with Crippen LogP contribution < -0.4 is 4.74 Å². The maximum absolute atomic E-state index is 12.8. The molecular weight excluding hydrogens is 448 g/mol. The Hall–Kier alpha value is -3.06. The van der Waals surface area contributed by atoms with Crippen LogP contribution >= 0.6 is 15.9 Å². The summed E-state index contributed by atoms with van der Waals surface area (Å²) in [6, 6.07) is 13.7. The van der Waals surface area contributed by atoms with Crippen LogP contribution in [-0.4, -0.2) is 29.0 Å². The number of amides is 2. The SMILES string of the molecule is O=C(Oc1ccccc1C=NN1C(=O)C2C3C=CC(C3)C2C1=O)c1ccc(Br)cc1. The van der Waals surface area contributed by atoms with E-state index in [1.54, 1.807) is 48.5 Å². The lowest BCUT2D eigenvalue weighted by Gasteiger charge is -2.13. The third kappa shape index (κ3) is 3.10. The summed E-state index contributed by atoms with van der Waals surface area (Å²) in [5, 5.41) is 5.15. The van der Waals surface area contributed by atoms with E-state index in [2.05, 4.69) is 21.0 Å². The average Bonchev–Trinajstić information content (AvgIpc) is 3.42. The van der Waals surface area contributed by atoms with E-state index in [-0.39, 0.29) is 35.5 Å². The molecule has 2 bridgehead atoms. The first-order valence-corrected chi connectivity index (χ1v) is 10.5. The molecule has 1 aliphatic heterocycles. The second kappa shape index (κ2) is 7.32. The summed E-state index contributed by atoms with van der Waals surface area (Å²) in [5.74, 6) is -1.02. The normalized spacial score (nSPS) is 26.6. The lowest BCUT2D eigenvalue weighted by Crippen LogP contribution is -2.28. The summed E-state index contributed by atoms with van der Waals surface area (Å²) in [7, 11) is 0. The monoisotopic (exact) mass is 464 g/mol. The fourth-order valence-electron chi connectivity index (χ4n) is 4.55. The maximum Gasteiger partial charge on any atom is 0.343 e. The highest BCUT2D eigenvalue weighted by molar-refractivity contribution is 9.10. The Labute approximate surface area is 181 Å². The Morgan fingerprint density at radius 2 is 1.63 bits per heavy atom. The molecule has 2 aromatic rings. The van der Waals surface area contributed by atoms with Crippen LogP contribution in [0.1, 0.15) is 22.3 Å². The molecule has 0 aromatic heterocycles. The zero-order valence-corrected chi connectivity index (χ0v) is 17.4. The van der Waals surface area contributed by atoms with Crippen molar-refractivity contribution in [3.63, 3.8) is 0 Å². The third-order valence-corrected chi connectivity index (χ3v) is 6.49. The van der Waals surface area contributed by atoms with Crippen LogP contribution in [0.25, 0.3) is 0 Å². The Morgan fingerprint density at radius 1 is 1.00 bits per heavy atom. The van der Waals surface area contributed by atoms with Gasteiger partial charge >= 0.3 is 5.97 Å². The van der Waals surface area contributed by atoms with E-state index in [1.165, 1.54) is 6.21 Å². The van der Waals surface area contributed by atoms with E-state index in [0.29, 0.717) is 16.9 Å². The summed E-state index contributed by atoms with van der Waals surface area (Å²) >= 11 is 3.33. The first-order valence-electron chi connectivity index (χ1n) is 9.70. The molecule has 6 nitrogen and oxygen atoms in total. The Kier molecular flexibility index (Phi) is 4.62. The fraction of sp³-hybridized carbons (Fsp3) is 0.217. The van der Waals surface area contributed by atoms with Crippen LogP contribution in [0.15, 0.2) is 70.3 Å². The molecule has 2 amide bonds. The van der Waals surface area contributed by atoms with Gasteiger partial charge in [-0.1, -0.05) is 40.2 Å². The molecule has 0 N–H and O–H groups in total. The summed E-state index contributed by atoms with van der Waals surface area (Å²) in [6.07, 6.45) is 6.36. The predicted octanol–water partition coefficient (Wildman–Crippen LogP) is 3.81. The molecule has 2 fully saturated rings. The lowest BCUT2D eigenvalue weighted by molar-refractivity contribution is -0.140. The highest BCUT2D eigenvalue weighted by Crippen LogP contribution is 2.52. The van der Waals surface area contributed by atoms with Gasteiger partial charge in [-0.3, -0.25) is 9.59 Å². The molecule has 150 valence electrons. The minimum atomic E-state index is -0.506. The van der Waals surface area contributed by atoms with Gasteiger partial charge in [0, 0.05) is 10.0 Å². The number of fused-ring (bicyclic) bond motifs is 5. The van der Waals surface area contributed by atoms with E-state index in [4.69, 9.17) is 4.74 Å². The molecule has 0 radical (unpaired) electrons. The molecule has 0 spiro atoms. The van der Waals surface area contributed by atoms with Gasteiger partial charge in [0.1, 0.15) is 5.75 Å². The number of hydrazone groups is 1. The molecule has 7 heteroatoms. The third-order valence-electron chi connectivity index (χ3n) is 5.96. The van der Waals surface area contributed by atoms with Crippen LogP contribution in [0.5, 0.6) is 5.75 Å². The Morgan fingerprint density at radius 3 is 2.30 bits per heavy atom. The van der Waals surface area contributed by atoms with E-state index < -0.39 is 5.97 Å². The number of nitrogens with zero attached hydrogens (tertiary/aromatic N) is 2. The number of allylic oxidation sites excluding steroid dienone is 2. The minimum absolute atomic E-state index is 0.135. The van der Waals surface area contributed by atoms with Gasteiger partial charge in [0.05, 0.1) is 23.6 Å². The van der Waals surface area contributed by atoms with Crippen molar-refractivity contribution in [2.24, 2.45) is 28.8 Å². The summed E-state index contributed by atoms with van der Waals surface area (Å²) < 4.78 is 6.38. The van der Waals surface area contributed by atoms with Crippen molar-refractivity contribution in [1.82, 2.24) is 5.01 Å². The molecular formula is C23H17BrN2O4. The van der Waals surface area contributed by atoms with Gasteiger partial charge in [0.25, 0.3) is 11.8 Å². The molecule has 5 rings (SSSR count). The van der Waals surface area contributed by atoms with Crippen molar-refractivity contribution in [2.75, 3.05) is 0 Å². The van der Waals surface area contributed by atoms with Gasteiger partial charge in [-0.25, -0.2) is 4.79 Å². The predicted molar refractivity (Wildman–Crippen MR) is 113 cm³/mol. The second-order valence-electron chi connectivity index (χ2n) is 7.67. The maximum atomic E-state index is 12.8. The number of imide groups is 1. The molecule has 1 saturated carbocycles. The fourth-order valence-corrected chi connectivity index (χ4v) is 4.81. The topological polar surface area (TPSA) is 76.0 Å². The number of carbonyl (C=O) groups excluding carboxylic acids is 3. The molecule has 4 atom stereocenters. The van der Waals surface area contributed by atoms with Crippen molar-refractivity contribution in [3.05, 3.63) is 76.3 Å². The number of hydrogen-bond donors (Lipinski definition) is 0. The number of benzene rings is 2. The van der Waals surface area contributed by atoms with E-state index >= 15 is 0 Å². The van der Waals surface area contributed by atoms with Gasteiger partial charge in [0.15, 0.2) is 0 Å². The standard InChI is InChI=1S/C23H17BrN2O4/c24-17-9-7-13(8-10-17)23(29)30-18-4-2-1-3-16(18)12-25-26-21(27)19-14-5-6-15(11-14)20(19)22(26)28/h1-10,12,14-15,19-20H,11H2. The highest BCUT2D eigenvalue weighted by Gasteiger charge is 2.59. The smallest absolute Gasteiger partial charge is 0.343 e. The van der Waals surface area contributed by atoms with Crippen molar-refractivity contribution < 1.29 is 19.1 Å². The van der Waals surface area contributed by atoms with Crippen molar-refractivity contribution >= 4 is 39.9 Å². The summed E-state index contributed by atoms with van der Waals surface area (Å²) in [5.41, 5.74) is 0.910. The average molecular weight is 465 g/mol. The van der Waals surface area contributed by atoms with Gasteiger partial charge < -0.3 is 4.74 Å². The van der Waals surface area contributed by atoms with Crippen LogP contribution in [0, 0.1) is 23.7 Å². The van der Waals surface area contributed by atoms with Crippen molar-refractivity contribution in [3.8, 4) is 5.75 Å². The Balaban J connectivity index is 1.35. The molecule has 3 aliphatic rings. The lowest BCUT2D eigenvalue weighted by atomic mass is 9.85. The number of hydrogen-bond acceptors (Lipinski definition) is 5. The number of ether oxygens (including phenoxy) is 1. The van der Waals surface area contributed by atoms with Gasteiger partial charge in [-0.2, -0.15) is 10.1 Å². The second-order valence-corrected chi connectivity index (χ2v) is 8.58. The number of halogens is 1. The summed E-state index contributed by atoms with van der Waals surface area (Å²) in [4.78, 5) is 38.0. The molecule has 2 aliphatic carbocycles.